The molecule has 0 saturated carbocycles. The lowest BCUT2D eigenvalue weighted by atomic mass is 10.0. The average Bonchev–Trinajstić information content (AvgIpc) is 2.43. The second kappa shape index (κ2) is 6.58. The Morgan fingerprint density at radius 2 is 2.10 bits per heavy atom. The van der Waals surface area contributed by atoms with Crippen molar-refractivity contribution >= 4 is 5.91 Å². The number of benzene rings is 1. The highest BCUT2D eigenvalue weighted by Gasteiger charge is 2.31. The highest BCUT2D eigenvalue weighted by atomic mass is 16.2. The van der Waals surface area contributed by atoms with Gasteiger partial charge in [-0.05, 0) is 31.9 Å². The summed E-state index contributed by atoms with van der Waals surface area (Å²) in [5.74, 6) is 0.188. The smallest absolute Gasteiger partial charge is 0.236 e. The molecule has 0 unspecified atom stereocenters. The van der Waals surface area contributed by atoms with E-state index in [0.717, 1.165) is 19.6 Å². The SMILES string of the molecule is Cc1ccccc1CN(C)C(=O)CN1CCNCC1(C)C. The van der Waals surface area contributed by atoms with Crippen LogP contribution in [0.3, 0.4) is 0 Å². The average molecular weight is 289 g/mol. The van der Waals surface area contributed by atoms with Gasteiger partial charge in [-0.25, -0.2) is 0 Å². The fourth-order valence-corrected chi connectivity index (χ4v) is 2.73. The zero-order valence-corrected chi connectivity index (χ0v) is 13.6. The Morgan fingerprint density at radius 1 is 1.38 bits per heavy atom. The molecule has 1 amide bonds. The summed E-state index contributed by atoms with van der Waals surface area (Å²) >= 11 is 0. The maximum Gasteiger partial charge on any atom is 0.236 e. The van der Waals surface area contributed by atoms with E-state index in [1.807, 2.05) is 24.1 Å². The number of likely N-dealkylation sites (N-methyl/N-ethyl adjacent to an activating group) is 1. The Balaban J connectivity index is 1.95. The van der Waals surface area contributed by atoms with Gasteiger partial charge in [-0.3, -0.25) is 9.69 Å². The topological polar surface area (TPSA) is 35.6 Å². The van der Waals surface area contributed by atoms with E-state index in [0.29, 0.717) is 13.1 Å². The predicted molar refractivity (Wildman–Crippen MR) is 86.2 cm³/mol. The summed E-state index contributed by atoms with van der Waals surface area (Å²) < 4.78 is 0. The number of hydrogen-bond donors (Lipinski definition) is 1. The highest BCUT2D eigenvalue weighted by Crippen LogP contribution is 2.16. The van der Waals surface area contributed by atoms with Crippen molar-refractivity contribution in [3.05, 3.63) is 35.4 Å². The van der Waals surface area contributed by atoms with Crippen LogP contribution < -0.4 is 5.32 Å². The third-order valence-electron chi connectivity index (χ3n) is 4.39. The van der Waals surface area contributed by atoms with Gasteiger partial charge in [-0.15, -0.1) is 0 Å². The Bertz CT molecular complexity index is 499. The van der Waals surface area contributed by atoms with Crippen molar-refractivity contribution in [2.75, 3.05) is 33.2 Å². The molecule has 1 saturated heterocycles. The second-order valence-electron chi connectivity index (χ2n) is 6.59. The van der Waals surface area contributed by atoms with Gasteiger partial charge in [0.15, 0.2) is 0 Å². The molecule has 0 aliphatic carbocycles. The summed E-state index contributed by atoms with van der Waals surface area (Å²) in [6, 6.07) is 8.24. The third-order valence-corrected chi connectivity index (χ3v) is 4.39. The highest BCUT2D eigenvalue weighted by molar-refractivity contribution is 5.78. The first-order valence-electron chi connectivity index (χ1n) is 7.64. The largest absolute Gasteiger partial charge is 0.340 e. The van der Waals surface area contributed by atoms with Crippen LogP contribution in [0.25, 0.3) is 0 Å². The number of amides is 1. The van der Waals surface area contributed by atoms with Crippen LogP contribution in [-0.4, -0.2) is 54.5 Å². The molecule has 0 bridgehead atoms. The van der Waals surface area contributed by atoms with Crippen molar-refractivity contribution < 1.29 is 4.79 Å². The van der Waals surface area contributed by atoms with E-state index in [2.05, 4.69) is 43.1 Å². The van der Waals surface area contributed by atoms with Gasteiger partial charge in [-0.2, -0.15) is 0 Å². The first-order valence-corrected chi connectivity index (χ1v) is 7.64. The molecular weight excluding hydrogens is 262 g/mol. The van der Waals surface area contributed by atoms with E-state index >= 15 is 0 Å². The maximum absolute atomic E-state index is 12.5. The molecule has 21 heavy (non-hydrogen) atoms. The van der Waals surface area contributed by atoms with Crippen molar-refractivity contribution in [3.8, 4) is 0 Å². The molecule has 0 aromatic heterocycles. The number of carbonyl (C=O) groups is 1. The van der Waals surface area contributed by atoms with Crippen molar-refractivity contribution in [2.24, 2.45) is 0 Å². The molecule has 0 atom stereocenters. The third kappa shape index (κ3) is 4.05. The van der Waals surface area contributed by atoms with Gasteiger partial charge in [0.05, 0.1) is 6.54 Å². The van der Waals surface area contributed by atoms with E-state index in [1.165, 1.54) is 11.1 Å². The molecular formula is C17H27N3O. The van der Waals surface area contributed by atoms with Crippen LogP contribution in [-0.2, 0) is 11.3 Å². The molecule has 4 heteroatoms. The predicted octanol–water partition coefficient (Wildman–Crippen LogP) is 1.64. The van der Waals surface area contributed by atoms with Gasteiger partial charge < -0.3 is 10.2 Å². The number of aryl methyl sites for hydroxylation is 1. The molecule has 1 heterocycles. The van der Waals surface area contributed by atoms with E-state index in [9.17, 15) is 4.79 Å². The second-order valence-corrected chi connectivity index (χ2v) is 6.59. The fourth-order valence-electron chi connectivity index (χ4n) is 2.73. The Hall–Kier alpha value is -1.39. The summed E-state index contributed by atoms with van der Waals surface area (Å²) in [5.41, 5.74) is 2.49. The molecule has 1 aromatic rings. The summed E-state index contributed by atoms with van der Waals surface area (Å²) in [6.45, 7) is 10.5. The van der Waals surface area contributed by atoms with E-state index < -0.39 is 0 Å². The van der Waals surface area contributed by atoms with Gasteiger partial charge in [0.1, 0.15) is 0 Å². The zero-order valence-electron chi connectivity index (χ0n) is 13.6. The summed E-state index contributed by atoms with van der Waals surface area (Å²) in [4.78, 5) is 16.6. The molecule has 0 spiro atoms. The zero-order chi connectivity index (χ0) is 15.5. The first-order chi connectivity index (χ1) is 9.90. The van der Waals surface area contributed by atoms with Gasteiger partial charge in [0.25, 0.3) is 0 Å². The molecule has 4 nitrogen and oxygen atoms in total. The standard InChI is InChI=1S/C17H27N3O/c1-14-7-5-6-8-15(14)11-19(4)16(21)12-20-10-9-18-13-17(20,2)3/h5-8,18H,9-13H2,1-4H3. The molecule has 1 aliphatic rings. The van der Waals surface area contributed by atoms with Crippen molar-refractivity contribution in [3.63, 3.8) is 0 Å². The molecule has 2 rings (SSSR count). The van der Waals surface area contributed by atoms with E-state index in [1.54, 1.807) is 0 Å². The van der Waals surface area contributed by atoms with Crippen molar-refractivity contribution in [1.82, 2.24) is 15.1 Å². The van der Waals surface area contributed by atoms with Gasteiger partial charge >= 0.3 is 0 Å². The Morgan fingerprint density at radius 3 is 2.76 bits per heavy atom. The van der Waals surface area contributed by atoms with Gasteiger partial charge in [0.2, 0.25) is 5.91 Å². The Kier molecular flexibility index (Phi) is 5.01. The quantitative estimate of drug-likeness (QED) is 0.915. The lowest BCUT2D eigenvalue weighted by Gasteiger charge is -2.42. The number of piperazine rings is 1. The molecule has 1 aromatic carbocycles. The molecule has 0 radical (unpaired) electrons. The fraction of sp³-hybridized carbons (Fsp3) is 0.588. The maximum atomic E-state index is 12.5. The summed E-state index contributed by atoms with van der Waals surface area (Å²) in [6.07, 6.45) is 0. The van der Waals surface area contributed by atoms with Crippen LogP contribution in [0, 0.1) is 6.92 Å². The number of nitrogens with zero attached hydrogens (tertiary/aromatic N) is 2. The lowest BCUT2D eigenvalue weighted by molar-refractivity contribution is -0.133. The monoisotopic (exact) mass is 289 g/mol. The van der Waals surface area contributed by atoms with Crippen LogP contribution >= 0.6 is 0 Å². The minimum absolute atomic E-state index is 0.0391. The molecule has 1 N–H and O–H groups in total. The number of carbonyl (C=O) groups excluding carboxylic acids is 1. The van der Waals surface area contributed by atoms with Crippen LogP contribution in [0.4, 0.5) is 0 Å². The number of rotatable bonds is 4. The van der Waals surface area contributed by atoms with Crippen molar-refractivity contribution in [1.29, 1.82) is 0 Å². The molecule has 1 fully saturated rings. The minimum Gasteiger partial charge on any atom is -0.340 e. The lowest BCUT2D eigenvalue weighted by Crippen LogP contribution is -2.59. The number of hydrogen-bond acceptors (Lipinski definition) is 3. The molecule has 1 aliphatic heterocycles. The van der Waals surface area contributed by atoms with Crippen LogP contribution in [0.5, 0.6) is 0 Å². The Labute approximate surface area is 128 Å². The first kappa shape index (κ1) is 16.0. The van der Waals surface area contributed by atoms with Crippen molar-refractivity contribution in [2.45, 2.75) is 32.9 Å². The van der Waals surface area contributed by atoms with E-state index in [-0.39, 0.29) is 11.4 Å². The van der Waals surface area contributed by atoms with Crippen LogP contribution in [0.2, 0.25) is 0 Å². The molecule has 116 valence electrons. The summed E-state index contributed by atoms with van der Waals surface area (Å²) in [7, 11) is 1.89. The van der Waals surface area contributed by atoms with E-state index in [4.69, 9.17) is 0 Å². The van der Waals surface area contributed by atoms with Gasteiger partial charge in [-0.1, -0.05) is 24.3 Å². The van der Waals surface area contributed by atoms with Gasteiger partial charge in [0, 0.05) is 38.8 Å². The van der Waals surface area contributed by atoms with Crippen LogP contribution in [0.15, 0.2) is 24.3 Å². The number of nitrogens with one attached hydrogen (secondary N) is 1. The minimum atomic E-state index is 0.0391. The van der Waals surface area contributed by atoms with Crippen LogP contribution in [0.1, 0.15) is 25.0 Å². The normalized spacial score (nSPS) is 18.5. The summed E-state index contributed by atoms with van der Waals surface area (Å²) in [5, 5.41) is 3.39.